The van der Waals surface area contributed by atoms with Gasteiger partial charge in [0.2, 0.25) is 0 Å². The molecule has 0 aliphatic carbocycles. The molecule has 0 aromatic heterocycles. The van der Waals surface area contributed by atoms with Gasteiger partial charge < -0.3 is 4.74 Å². The summed E-state index contributed by atoms with van der Waals surface area (Å²) < 4.78 is 42.8. The second-order valence-electron chi connectivity index (χ2n) is 4.72. The maximum atomic E-state index is 12.5. The molecule has 0 amide bonds. The Hall–Kier alpha value is -1.29. The first-order valence-corrected chi connectivity index (χ1v) is 5.80. The fraction of sp³-hybridized carbons (Fsp3) is 0.429. The molecular weight excluding hydrogens is 241 g/mol. The van der Waals surface area contributed by atoms with Crippen molar-refractivity contribution in [2.75, 3.05) is 13.2 Å². The molecule has 0 unspecified atom stereocenters. The molecule has 1 aliphatic rings. The topological polar surface area (TPSA) is 9.23 Å². The van der Waals surface area contributed by atoms with Crippen LogP contribution in [0.25, 0.3) is 0 Å². The average molecular weight is 256 g/mol. The molecule has 1 saturated heterocycles. The second-order valence-corrected chi connectivity index (χ2v) is 4.72. The predicted molar refractivity (Wildman–Crippen MR) is 63.3 cm³/mol. The van der Waals surface area contributed by atoms with Crippen LogP contribution in [-0.2, 0) is 10.9 Å². The molecule has 2 rings (SSSR count). The first-order valence-electron chi connectivity index (χ1n) is 5.80. The first-order chi connectivity index (χ1) is 8.39. The largest absolute Gasteiger partial charge is 0.416 e. The summed E-state index contributed by atoms with van der Waals surface area (Å²) in [7, 11) is 0. The zero-order valence-electron chi connectivity index (χ0n) is 10.1. The van der Waals surface area contributed by atoms with Crippen LogP contribution in [0, 0.1) is 5.92 Å². The molecule has 1 aromatic rings. The van der Waals surface area contributed by atoms with Gasteiger partial charge >= 0.3 is 6.18 Å². The van der Waals surface area contributed by atoms with Crippen molar-refractivity contribution in [1.29, 1.82) is 0 Å². The lowest BCUT2D eigenvalue weighted by molar-refractivity contribution is -0.137. The van der Waals surface area contributed by atoms with Crippen molar-refractivity contribution >= 4 is 0 Å². The summed E-state index contributed by atoms with van der Waals surface area (Å²) in [4.78, 5) is 0. The van der Waals surface area contributed by atoms with Gasteiger partial charge in [-0.3, -0.25) is 0 Å². The van der Waals surface area contributed by atoms with Crippen molar-refractivity contribution in [2.45, 2.75) is 19.0 Å². The van der Waals surface area contributed by atoms with Crippen LogP contribution >= 0.6 is 0 Å². The van der Waals surface area contributed by atoms with Crippen molar-refractivity contribution < 1.29 is 17.9 Å². The summed E-state index contributed by atoms with van der Waals surface area (Å²) in [5.41, 5.74) is 1.28. The van der Waals surface area contributed by atoms with E-state index in [-0.39, 0.29) is 11.8 Å². The van der Waals surface area contributed by atoms with Gasteiger partial charge in [-0.05, 0) is 24.6 Å². The Morgan fingerprint density at radius 3 is 2.33 bits per heavy atom. The number of ether oxygens (including phenoxy) is 1. The molecule has 0 saturated carbocycles. The monoisotopic (exact) mass is 256 g/mol. The third-order valence-corrected chi connectivity index (χ3v) is 3.38. The number of hydrogen-bond donors (Lipinski definition) is 0. The molecule has 0 spiro atoms. The molecule has 0 N–H and O–H groups in total. The van der Waals surface area contributed by atoms with E-state index in [0.717, 1.165) is 23.3 Å². The third kappa shape index (κ3) is 2.58. The summed E-state index contributed by atoms with van der Waals surface area (Å²) in [6, 6.07) is 5.34. The van der Waals surface area contributed by atoms with Crippen molar-refractivity contribution in [3.8, 4) is 0 Å². The summed E-state index contributed by atoms with van der Waals surface area (Å²) in [6.45, 7) is 6.98. The third-order valence-electron chi connectivity index (χ3n) is 3.38. The maximum Gasteiger partial charge on any atom is 0.416 e. The SMILES string of the molecule is C=C(C)[C@@H]1COC[C@H]1c1ccc(C(F)(F)F)cc1. The molecule has 4 heteroatoms. The highest BCUT2D eigenvalue weighted by molar-refractivity contribution is 5.29. The van der Waals surface area contributed by atoms with Crippen LogP contribution in [0.2, 0.25) is 0 Å². The Morgan fingerprint density at radius 2 is 1.83 bits per heavy atom. The number of alkyl halides is 3. The van der Waals surface area contributed by atoms with E-state index in [2.05, 4.69) is 6.58 Å². The van der Waals surface area contributed by atoms with Gasteiger partial charge in [0, 0.05) is 11.8 Å². The fourth-order valence-electron chi connectivity index (χ4n) is 2.29. The van der Waals surface area contributed by atoms with E-state index in [4.69, 9.17) is 4.74 Å². The lowest BCUT2D eigenvalue weighted by atomic mass is 9.85. The van der Waals surface area contributed by atoms with Crippen LogP contribution in [0.15, 0.2) is 36.4 Å². The minimum atomic E-state index is -4.28. The van der Waals surface area contributed by atoms with Gasteiger partial charge in [0.1, 0.15) is 0 Å². The Balaban J connectivity index is 2.22. The molecule has 1 nitrogen and oxygen atoms in total. The maximum absolute atomic E-state index is 12.5. The van der Waals surface area contributed by atoms with Crippen LogP contribution < -0.4 is 0 Å². The van der Waals surface area contributed by atoms with Crippen LogP contribution in [0.4, 0.5) is 13.2 Å². The molecule has 1 aliphatic heterocycles. The number of benzene rings is 1. The van der Waals surface area contributed by atoms with Gasteiger partial charge in [-0.15, -0.1) is 0 Å². The smallest absolute Gasteiger partial charge is 0.380 e. The van der Waals surface area contributed by atoms with E-state index in [9.17, 15) is 13.2 Å². The molecular formula is C14H15F3O. The zero-order chi connectivity index (χ0) is 13.3. The van der Waals surface area contributed by atoms with E-state index in [0.29, 0.717) is 13.2 Å². The highest BCUT2D eigenvalue weighted by Crippen LogP contribution is 2.36. The molecule has 1 aromatic carbocycles. The summed E-state index contributed by atoms with van der Waals surface area (Å²) in [5, 5.41) is 0. The van der Waals surface area contributed by atoms with E-state index in [1.54, 1.807) is 0 Å². The summed E-state index contributed by atoms with van der Waals surface area (Å²) in [5.74, 6) is 0.312. The highest BCUT2D eigenvalue weighted by Gasteiger charge is 2.32. The van der Waals surface area contributed by atoms with Crippen LogP contribution in [0.1, 0.15) is 24.0 Å². The lowest BCUT2D eigenvalue weighted by Gasteiger charge is -2.18. The van der Waals surface area contributed by atoms with Crippen molar-refractivity contribution in [3.63, 3.8) is 0 Å². The first kappa shape index (κ1) is 13.1. The normalized spacial score (nSPS) is 24.2. The molecule has 0 radical (unpaired) electrons. The highest BCUT2D eigenvalue weighted by atomic mass is 19.4. The van der Waals surface area contributed by atoms with Crippen LogP contribution in [0.5, 0.6) is 0 Å². The summed E-state index contributed by atoms with van der Waals surface area (Å²) >= 11 is 0. The summed E-state index contributed by atoms with van der Waals surface area (Å²) in [6.07, 6.45) is -4.28. The standard InChI is InChI=1S/C14H15F3O/c1-9(2)12-7-18-8-13(12)10-3-5-11(6-4-10)14(15,16)17/h3-6,12-13H,1,7-8H2,2H3/t12-,13-/m0/s1. The molecule has 1 heterocycles. The van der Waals surface area contributed by atoms with E-state index in [1.807, 2.05) is 6.92 Å². The lowest BCUT2D eigenvalue weighted by Crippen LogP contribution is -2.12. The van der Waals surface area contributed by atoms with E-state index >= 15 is 0 Å². The number of rotatable bonds is 2. The van der Waals surface area contributed by atoms with Gasteiger partial charge in [-0.25, -0.2) is 0 Å². The number of hydrogen-bond acceptors (Lipinski definition) is 1. The average Bonchev–Trinajstić information content (AvgIpc) is 2.77. The van der Waals surface area contributed by atoms with Gasteiger partial charge in [0.05, 0.1) is 18.8 Å². The van der Waals surface area contributed by atoms with Crippen molar-refractivity contribution in [2.24, 2.45) is 5.92 Å². The molecule has 0 bridgehead atoms. The number of halogens is 3. The van der Waals surface area contributed by atoms with Gasteiger partial charge in [-0.1, -0.05) is 24.3 Å². The molecule has 98 valence electrons. The second kappa shape index (κ2) is 4.76. The van der Waals surface area contributed by atoms with Gasteiger partial charge in [0.15, 0.2) is 0 Å². The minimum absolute atomic E-state index is 0.116. The zero-order valence-corrected chi connectivity index (χ0v) is 10.1. The van der Waals surface area contributed by atoms with E-state index in [1.165, 1.54) is 12.1 Å². The van der Waals surface area contributed by atoms with Gasteiger partial charge in [0.25, 0.3) is 0 Å². The molecule has 18 heavy (non-hydrogen) atoms. The van der Waals surface area contributed by atoms with E-state index < -0.39 is 11.7 Å². The Kier molecular flexibility index (Phi) is 3.48. The fourth-order valence-corrected chi connectivity index (χ4v) is 2.29. The quantitative estimate of drug-likeness (QED) is 0.726. The van der Waals surface area contributed by atoms with Gasteiger partial charge in [-0.2, -0.15) is 13.2 Å². The van der Waals surface area contributed by atoms with Crippen molar-refractivity contribution in [1.82, 2.24) is 0 Å². The Morgan fingerprint density at radius 1 is 1.22 bits per heavy atom. The Bertz CT molecular complexity index is 433. The predicted octanol–water partition coefficient (Wildman–Crippen LogP) is 4.01. The molecule has 1 fully saturated rings. The minimum Gasteiger partial charge on any atom is -0.380 e. The van der Waals surface area contributed by atoms with Crippen LogP contribution in [-0.4, -0.2) is 13.2 Å². The Labute approximate surface area is 104 Å². The molecule has 2 atom stereocenters. The van der Waals surface area contributed by atoms with Crippen molar-refractivity contribution in [3.05, 3.63) is 47.5 Å². The van der Waals surface area contributed by atoms with Crippen LogP contribution in [0.3, 0.4) is 0 Å².